The van der Waals surface area contributed by atoms with E-state index in [4.69, 9.17) is 4.84 Å². The minimum Gasteiger partial charge on any atom is -0.379 e. The van der Waals surface area contributed by atoms with Gasteiger partial charge in [0.05, 0.1) is 0 Å². The molecular weight excluding hydrogens is 353 g/mol. The van der Waals surface area contributed by atoms with Crippen molar-refractivity contribution in [1.82, 2.24) is 5.48 Å². The Kier molecular flexibility index (Phi) is 4.57. The van der Waals surface area contributed by atoms with Crippen LogP contribution in [0.25, 0.3) is 11.1 Å². The molecule has 0 aromatic heterocycles. The molecule has 2 aromatic rings. The van der Waals surface area contributed by atoms with Crippen LogP contribution in [0.5, 0.6) is 5.75 Å². The first-order chi connectivity index (χ1) is 9.19. The molecule has 0 aliphatic rings. The van der Waals surface area contributed by atoms with Gasteiger partial charge in [-0.3, -0.25) is 4.79 Å². The highest BCUT2D eigenvalue weighted by molar-refractivity contribution is 14.1. The van der Waals surface area contributed by atoms with Crippen molar-refractivity contribution in [3.05, 3.63) is 64.8 Å². The average Bonchev–Trinajstić information content (AvgIpc) is 2.46. The maximum Gasteiger partial charge on any atom is 0.276 e. The maximum absolute atomic E-state index is 11.0. The molecule has 4 heteroatoms. The van der Waals surface area contributed by atoms with Crippen LogP contribution in [0.2, 0.25) is 0 Å². The molecule has 0 aliphatic heterocycles. The largest absolute Gasteiger partial charge is 0.379 e. The van der Waals surface area contributed by atoms with Crippen LogP contribution in [0, 0.1) is 3.57 Å². The number of benzene rings is 2. The number of halogens is 1. The standard InChI is InChI=1S/C15H12INO2/c1-2-15(18)17-19-14-9-5-12(6-10-14)11-3-7-13(16)8-4-11/h2-10H,1H2,(H,17,18). The van der Waals surface area contributed by atoms with Crippen molar-refractivity contribution in [2.45, 2.75) is 0 Å². The smallest absolute Gasteiger partial charge is 0.276 e. The van der Waals surface area contributed by atoms with Crippen molar-refractivity contribution in [2.75, 3.05) is 0 Å². The molecule has 96 valence electrons. The summed E-state index contributed by atoms with van der Waals surface area (Å²) in [6.45, 7) is 3.34. The zero-order valence-corrected chi connectivity index (χ0v) is 12.3. The van der Waals surface area contributed by atoms with Gasteiger partial charge in [-0.1, -0.05) is 30.8 Å². The van der Waals surface area contributed by atoms with Crippen LogP contribution < -0.4 is 10.3 Å². The van der Waals surface area contributed by atoms with Crippen molar-refractivity contribution in [2.24, 2.45) is 0 Å². The molecular formula is C15H12INO2. The summed E-state index contributed by atoms with van der Waals surface area (Å²) in [6, 6.07) is 15.7. The quantitative estimate of drug-likeness (QED) is 0.511. The lowest BCUT2D eigenvalue weighted by atomic mass is 10.1. The van der Waals surface area contributed by atoms with Gasteiger partial charge in [0, 0.05) is 3.57 Å². The molecule has 2 aromatic carbocycles. The van der Waals surface area contributed by atoms with E-state index >= 15 is 0 Å². The number of rotatable bonds is 4. The molecule has 0 heterocycles. The molecule has 2 rings (SSSR count). The lowest BCUT2D eigenvalue weighted by Crippen LogP contribution is -2.24. The number of hydrogen-bond donors (Lipinski definition) is 1. The molecule has 0 bridgehead atoms. The van der Waals surface area contributed by atoms with Gasteiger partial charge in [0.15, 0.2) is 5.75 Å². The third kappa shape index (κ3) is 3.82. The van der Waals surface area contributed by atoms with E-state index in [1.807, 2.05) is 12.1 Å². The second-order valence-corrected chi connectivity index (χ2v) is 5.05. The normalized spacial score (nSPS) is 9.74. The summed E-state index contributed by atoms with van der Waals surface area (Å²) in [4.78, 5) is 16.0. The average molecular weight is 365 g/mol. The SMILES string of the molecule is C=CC(=O)NOc1ccc(-c2ccc(I)cc2)cc1. The van der Waals surface area contributed by atoms with E-state index in [0.29, 0.717) is 5.75 Å². The number of nitrogens with one attached hydrogen (secondary N) is 1. The Morgan fingerprint density at radius 1 is 1.05 bits per heavy atom. The molecule has 0 radical (unpaired) electrons. The fraction of sp³-hybridized carbons (Fsp3) is 0. The highest BCUT2D eigenvalue weighted by atomic mass is 127. The van der Waals surface area contributed by atoms with Gasteiger partial charge in [-0.2, -0.15) is 5.48 Å². The van der Waals surface area contributed by atoms with Crippen LogP contribution in [0.15, 0.2) is 61.2 Å². The predicted molar refractivity (Wildman–Crippen MR) is 83.6 cm³/mol. The molecule has 0 atom stereocenters. The Hall–Kier alpha value is -1.82. The van der Waals surface area contributed by atoms with Crippen LogP contribution >= 0.6 is 22.6 Å². The molecule has 0 aliphatic carbocycles. The van der Waals surface area contributed by atoms with Crippen LogP contribution in [0.1, 0.15) is 0 Å². The van der Waals surface area contributed by atoms with Gasteiger partial charge in [0.25, 0.3) is 5.91 Å². The van der Waals surface area contributed by atoms with Gasteiger partial charge in [0.1, 0.15) is 0 Å². The van der Waals surface area contributed by atoms with Crippen LogP contribution in [0.4, 0.5) is 0 Å². The number of carbonyl (C=O) groups is 1. The summed E-state index contributed by atoms with van der Waals surface area (Å²) in [5.41, 5.74) is 4.49. The van der Waals surface area contributed by atoms with Crippen molar-refractivity contribution in [3.8, 4) is 16.9 Å². The molecule has 1 amide bonds. The summed E-state index contributed by atoms with van der Waals surface area (Å²) in [5.74, 6) is 0.200. The Bertz CT molecular complexity index is 576. The van der Waals surface area contributed by atoms with E-state index in [-0.39, 0.29) is 5.91 Å². The van der Waals surface area contributed by atoms with E-state index in [1.165, 1.54) is 3.57 Å². The first-order valence-electron chi connectivity index (χ1n) is 5.64. The molecule has 0 fully saturated rings. The Balaban J connectivity index is 2.07. The van der Waals surface area contributed by atoms with Crippen molar-refractivity contribution in [3.63, 3.8) is 0 Å². The fourth-order valence-electron chi connectivity index (χ4n) is 1.51. The lowest BCUT2D eigenvalue weighted by Gasteiger charge is -2.06. The highest BCUT2D eigenvalue weighted by Gasteiger charge is 2.00. The van der Waals surface area contributed by atoms with Crippen LogP contribution in [-0.4, -0.2) is 5.91 Å². The second-order valence-electron chi connectivity index (χ2n) is 3.80. The summed E-state index contributed by atoms with van der Waals surface area (Å²) >= 11 is 2.27. The van der Waals surface area contributed by atoms with Gasteiger partial charge in [-0.05, 0) is 64.1 Å². The number of hydroxylamine groups is 1. The number of carbonyl (C=O) groups excluding carboxylic acids is 1. The van der Waals surface area contributed by atoms with Crippen LogP contribution in [-0.2, 0) is 4.79 Å². The second kappa shape index (κ2) is 6.38. The van der Waals surface area contributed by atoms with Crippen molar-refractivity contribution >= 4 is 28.5 Å². The summed E-state index contributed by atoms with van der Waals surface area (Å²) in [7, 11) is 0. The van der Waals surface area contributed by atoms with Gasteiger partial charge in [0.2, 0.25) is 0 Å². The van der Waals surface area contributed by atoms with Crippen molar-refractivity contribution in [1.29, 1.82) is 0 Å². The summed E-state index contributed by atoms with van der Waals surface area (Å²) < 4.78 is 1.20. The first-order valence-corrected chi connectivity index (χ1v) is 6.72. The zero-order chi connectivity index (χ0) is 13.7. The van der Waals surface area contributed by atoms with Gasteiger partial charge < -0.3 is 4.84 Å². The van der Waals surface area contributed by atoms with E-state index in [0.717, 1.165) is 17.2 Å². The van der Waals surface area contributed by atoms with E-state index in [1.54, 1.807) is 12.1 Å². The van der Waals surface area contributed by atoms with Crippen molar-refractivity contribution < 1.29 is 9.63 Å². The Labute approximate surface area is 125 Å². The molecule has 0 saturated carbocycles. The third-order valence-corrected chi connectivity index (χ3v) is 3.21. The number of amides is 1. The van der Waals surface area contributed by atoms with E-state index in [2.05, 4.69) is 58.9 Å². The molecule has 19 heavy (non-hydrogen) atoms. The van der Waals surface area contributed by atoms with E-state index < -0.39 is 0 Å². The monoisotopic (exact) mass is 365 g/mol. The Morgan fingerprint density at radius 2 is 1.58 bits per heavy atom. The minimum atomic E-state index is -0.373. The first kappa shape index (κ1) is 13.6. The minimum absolute atomic E-state index is 0.373. The zero-order valence-electron chi connectivity index (χ0n) is 10.1. The fourth-order valence-corrected chi connectivity index (χ4v) is 1.87. The molecule has 1 N–H and O–H groups in total. The molecule has 3 nitrogen and oxygen atoms in total. The molecule has 0 spiro atoms. The van der Waals surface area contributed by atoms with Crippen LogP contribution in [0.3, 0.4) is 0 Å². The van der Waals surface area contributed by atoms with Gasteiger partial charge in [-0.15, -0.1) is 0 Å². The van der Waals surface area contributed by atoms with Gasteiger partial charge >= 0.3 is 0 Å². The maximum atomic E-state index is 11.0. The molecule has 0 unspecified atom stereocenters. The van der Waals surface area contributed by atoms with E-state index in [9.17, 15) is 4.79 Å². The topological polar surface area (TPSA) is 38.3 Å². The highest BCUT2D eigenvalue weighted by Crippen LogP contribution is 2.22. The summed E-state index contributed by atoms with van der Waals surface area (Å²) in [6.07, 6.45) is 1.15. The lowest BCUT2D eigenvalue weighted by molar-refractivity contribution is -0.122. The Morgan fingerprint density at radius 3 is 2.11 bits per heavy atom. The third-order valence-electron chi connectivity index (χ3n) is 2.49. The number of hydrogen-bond acceptors (Lipinski definition) is 2. The summed E-state index contributed by atoms with van der Waals surface area (Å²) in [5, 5.41) is 0. The predicted octanol–water partition coefficient (Wildman–Crippen LogP) is 3.55. The van der Waals surface area contributed by atoms with Gasteiger partial charge in [-0.25, -0.2) is 0 Å². The molecule has 0 saturated heterocycles.